The number of nitrogens with zero attached hydrogens (tertiary/aromatic N) is 1. The highest BCUT2D eigenvalue weighted by molar-refractivity contribution is 5.79. The number of rotatable bonds is 2. The Bertz CT molecular complexity index is 1280. The zero-order chi connectivity index (χ0) is 28.2. The number of nitrogens with one attached hydrogen (secondary N) is 1. The van der Waals surface area contributed by atoms with Crippen molar-refractivity contribution in [2.45, 2.75) is 112 Å². The molecule has 1 heterocycles. The van der Waals surface area contributed by atoms with Crippen LogP contribution < -0.4 is 5.56 Å². The van der Waals surface area contributed by atoms with E-state index in [1.807, 2.05) is 6.92 Å². The standard InChI is InChI=1S/C34H50N2O3/c1-9-39-29(38)34-15-12-20(2)21(3)26(34)23-10-11-25-31(6)18-22-27(35-19-36-28(22)37)30(4,5)24(31)13-14-33(25,8)32(23,7)16-17-34/h10,19-21,24-26H,9,11-18H2,1-8H3,(H,35,36,37)/t20-,21+,24+,25-,26+,31+,32-,33-,34+/m1/s1. The third-order valence-corrected chi connectivity index (χ3v) is 13.9. The van der Waals surface area contributed by atoms with Crippen molar-refractivity contribution in [2.75, 3.05) is 6.61 Å². The molecule has 6 rings (SSSR count). The average Bonchev–Trinajstić information content (AvgIpc) is 2.87. The highest BCUT2D eigenvalue weighted by Crippen LogP contribution is 2.75. The lowest BCUT2D eigenvalue weighted by molar-refractivity contribution is -0.183. The fourth-order valence-corrected chi connectivity index (χ4v) is 11.6. The molecule has 3 fully saturated rings. The monoisotopic (exact) mass is 534 g/mol. The Balaban J connectivity index is 1.48. The van der Waals surface area contributed by atoms with Crippen molar-refractivity contribution in [1.29, 1.82) is 0 Å². The number of ether oxygens (including phenoxy) is 1. The van der Waals surface area contributed by atoms with Crippen LogP contribution in [0.2, 0.25) is 0 Å². The minimum Gasteiger partial charge on any atom is -0.466 e. The molecule has 0 bridgehead atoms. The van der Waals surface area contributed by atoms with E-state index in [9.17, 15) is 9.59 Å². The van der Waals surface area contributed by atoms with Crippen LogP contribution in [0.25, 0.3) is 0 Å². The van der Waals surface area contributed by atoms with Gasteiger partial charge in [0.15, 0.2) is 0 Å². The van der Waals surface area contributed by atoms with Gasteiger partial charge in [0.05, 0.1) is 24.0 Å². The predicted molar refractivity (Wildman–Crippen MR) is 154 cm³/mol. The van der Waals surface area contributed by atoms with Gasteiger partial charge in [-0.05, 0) is 104 Å². The summed E-state index contributed by atoms with van der Waals surface area (Å²) in [5.74, 6) is 2.35. The largest absolute Gasteiger partial charge is 0.466 e. The molecule has 5 heteroatoms. The van der Waals surface area contributed by atoms with Crippen molar-refractivity contribution in [3.8, 4) is 0 Å². The SMILES string of the molecule is CCOC(=O)[C@]12CC[C@@H](C)[C@H](C)[C@H]1C1=CC[C@@H]3[C@@]4(C)Cc5c(nc[nH]c5=O)C(C)(C)[C@@H]4CC[C@@]3(C)[C@]1(C)CC2. The molecule has 3 saturated carbocycles. The van der Waals surface area contributed by atoms with Crippen LogP contribution >= 0.6 is 0 Å². The Morgan fingerprint density at radius 2 is 1.79 bits per heavy atom. The van der Waals surface area contributed by atoms with E-state index >= 15 is 0 Å². The average molecular weight is 535 g/mol. The molecule has 0 amide bonds. The molecule has 1 aromatic heterocycles. The Labute approximate surface area is 235 Å². The third-order valence-electron chi connectivity index (χ3n) is 13.9. The maximum atomic E-state index is 13.7. The molecule has 0 spiro atoms. The van der Waals surface area contributed by atoms with E-state index in [0.29, 0.717) is 30.3 Å². The molecule has 214 valence electrons. The van der Waals surface area contributed by atoms with Gasteiger partial charge in [-0.3, -0.25) is 9.59 Å². The Morgan fingerprint density at radius 3 is 2.51 bits per heavy atom. The third kappa shape index (κ3) is 3.28. The van der Waals surface area contributed by atoms with Crippen molar-refractivity contribution < 1.29 is 9.53 Å². The maximum Gasteiger partial charge on any atom is 0.312 e. The fraction of sp³-hybridized carbons (Fsp3) is 0.794. The van der Waals surface area contributed by atoms with E-state index in [-0.39, 0.29) is 44.5 Å². The molecule has 0 aliphatic heterocycles. The molecule has 5 nitrogen and oxygen atoms in total. The fourth-order valence-electron chi connectivity index (χ4n) is 11.6. The first-order chi connectivity index (χ1) is 18.3. The van der Waals surface area contributed by atoms with E-state index in [1.165, 1.54) is 6.42 Å². The molecule has 5 aliphatic carbocycles. The smallest absolute Gasteiger partial charge is 0.312 e. The zero-order valence-corrected chi connectivity index (χ0v) is 25.6. The highest BCUT2D eigenvalue weighted by atomic mass is 16.5. The first-order valence-electron chi connectivity index (χ1n) is 15.7. The van der Waals surface area contributed by atoms with Crippen molar-refractivity contribution >= 4 is 5.97 Å². The van der Waals surface area contributed by atoms with Crippen LogP contribution in [0.5, 0.6) is 0 Å². The second kappa shape index (κ2) is 8.55. The highest BCUT2D eigenvalue weighted by Gasteiger charge is 2.69. The summed E-state index contributed by atoms with van der Waals surface area (Å²) in [6, 6.07) is 0. The van der Waals surface area contributed by atoms with Gasteiger partial charge in [-0.25, -0.2) is 4.98 Å². The van der Waals surface area contributed by atoms with Crippen LogP contribution in [-0.2, 0) is 21.4 Å². The lowest BCUT2D eigenvalue weighted by atomic mass is 9.33. The summed E-state index contributed by atoms with van der Waals surface area (Å²) >= 11 is 0. The van der Waals surface area contributed by atoms with Crippen molar-refractivity contribution in [3.63, 3.8) is 0 Å². The van der Waals surface area contributed by atoms with E-state index in [2.05, 4.69) is 59.5 Å². The molecule has 39 heavy (non-hydrogen) atoms. The van der Waals surface area contributed by atoms with Gasteiger partial charge in [0.2, 0.25) is 0 Å². The number of hydrogen-bond donors (Lipinski definition) is 1. The number of aromatic amines is 1. The summed E-state index contributed by atoms with van der Waals surface area (Å²) in [5.41, 5.74) is 3.20. The maximum absolute atomic E-state index is 13.7. The first kappa shape index (κ1) is 27.3. The number of allylic oxidation sites excluding steroid dienone is 2. The summed E-state index contributed by atoms with van der Waals surface area (Å²) in [4.78, 5) is 34.5. The van der Waals surface area contributed by atoms with Crippen LogP contribution in [0.3, 0.4) is 0 Å². The van der Waals surface area contributed by atoms with Gasteiger partial charge in [0.1, 0.15) is 0 Å². The molecular formula is C34H50N2O3. The quantitative estimate of drug-likeness (QED) is 0.327. The molecule has 9 atom stereocenters. The molecule has 0 saturated heterocycles. The van der Waals surface area contributed by atoms with Crippen LogP contribution in [0.1, 0.15) is 112 Å². The molecule has 1 N–H and O–H groups in total. The minimum atomic E-state index is -0.373. The molecule has 0 radical (unpaired) electrons. The molecule has 0 aromatic carbocycles. The molecule has 5 aliphatic rings. The van der Waals surface area contributed by atoms with Crippen LogP contribution in [0.15, 0.2) is 22.8 Å². The summed E-state index contributed by atoms with van der Waals surface area (Å²) in [5, 5.41) is 0. The zero-order valence-electron chi connectivity index (χ0n) is 25.6. The first-order valence-corrected chi connectivity index (χ1v) is 15.7. The Kier molecular flexibility index (Phi) is 5.98. The second-order valence-electron chi connectivity index (χ2n) is 15.5. The van der Waals surface area contributed by atoms with Crippen molar-refractivity contribution in [2.24, 2.45) is 51.2 Å². The number of hydrogen-bond acceptors (Lipinski definition) is 4. The predicted octanol–water partition coefficient (Wildman–Crippen LogP) is 7.00. The number of carbonyl (C=O) groups excluding carboxylic acids is 1. The summed E-state index contributed by atoms with van der Waals surface area (Å²) in [6.45, 7) is 19.5. The topological polar surface area (TPSA) is 72.0 Å². The Morgan fingerprint density at radius 1 is 1.05 bits per heavy atom. The lowest BCUT2D eigenvalue weighted by Gasteiger charge is -2.70. The van der Waals surface area contributed by atoms with Gasteiger partial charge in [-0.1, -0.05) is 60.1 Å². The number of fused-ring (bicyclic) bond motifs is 8. The summed E-state index contributed by atoms with van der Waals surface area (Å²) in [6.07, 6.45) is 12.4. The van der Waals surface area contributed by atoms with Gasteiger partial charge in [-0.2, -0.15) is 0 Å². The van der Waals surface area contributed by atoms with Crippen LogP contribution in [-0.4, -0.2) is 22.5 Å². The Hall–Kier alpha value is -1.91. The molecular weight excluding hydrogens is 484 g/mol. The summed E-state index contributed by atoms with van der Waals surface area (Å²) < 4.78 is 5.82. The van der Waals surface area contributed by atoms with Crippen LogP contribution in [0.4, 0.5) is 0 Å². The number of carbonyl (C=O) groups is 1. The van der Waals surface area contributed by atoms with E-state index in [4.69, 9.17) is 9.72 Å². The van der Waals surface area contributed by atoms with Gasteiger partial charge in [0, 0.05) is 11.0 Å². The van der Waals surface area contributed by atoms with Gasteiger partial charge in [0.25, 0.3) is 5.56 Å². The van der Waals surface area contributed by atoms with Gasteiger partial charge < -0.3 is 9.72 Å². The number of H-pyrrole nitrogens is 1. The lowest BCUT2D eigenvalue weighted by Crippen LogP contribution is -2.65. The normalized spacial score (nSPS) is 45.9. The van der Waals surface area contributed by atoms with Crippen molar-refractivity contribution in [1.82, 2.24) is 9.97 Å². The summed E-state index contributed by atoms with van der Waals surface area (Å²) in [7, 11) is 0. The number of aromatic nitrogens is 2. The van der Waals surface area contributed by atoms with E-state index in [0.717, 1.165) is 56.2 Å². The minimum absolute atomic E-state index is 0.0196. The second-order valence-corrected chi connectivity index (χ2v) is 15.5. The van der Waals surface area contributed by atoms with E-state index < -0.39 is 0 Å². The van der Waals surface area contributed by atoms with Crippen LogP contribution in [0, 0.1) is 51.2 Å². The van der Waals surface area contributed by atoms with Crippen molar-refractivity contribution in [3.05, 3.63) is 39.6 Å². The molecule has 1 aromatic rings. The number of esters is 1. The van der Waals surface area contributed by atoms with Gasteiger partial charge >= 0.3 is 5.97 Å². The molecule has 0 unspecified atom stereocenters. The van der Waals surface area contributed by atoms with Gasteiger partial charge in [-0.15, -0.1) is 0 Å². The van der Waals surface area contributed by atoms with E-state index in [1.54, 1.807) is 11.9 Å².